The molecule has 2 aromatic carbocycles. The molecule has 1 N–H and O–H groups in total. The second-order valence-electron chi connectivity index (χ2n) is 11.6. The van der Waals surface area contributed by atoms with Crippen molar-refractivity contribution in [2.45, 2.75) is 31.9 Å². The van der Waals surface area contributed by atoms with Crippen molar-refractivity contribution in [3.63, 3.8) is 0 Å². The number of halogens is 2. The SMILES string of the molecule is COc1cc(-c2cc(C(F)F)c(=O)n(C)c2)cc(OC)c1CN1CC(C#Cc2ccc3c(c2)C(=O)N(C2CCC(=O)NC2=O)C3=O)C1. The lowest BCUT2D eigenvalue weighted by atomic mass is 9.97. The van der Waals surface area contributed by atoms with Crippen LogP contribution in [0, 0.1) is 17.8 Å². The lowest BCUT2D eigenvalue weighted by Crippen LogP contribution is -2.54. The first-order valence-electron chi connectivity index (χ1n) is 14.8. The third kappa shape index (κ3) is 5.88. The van der Waals surface area contributed by atoms with E-state index in [2.05, 4.69) is 22.1 Å². The van der Waals surface area contributed by atoms with Crippen LogP contribution in [0.15, 0.2) is 47.4 Å². The summed E-state index contributed by atoms with van der Waals surface area (Å²) < 4.78 is 39.4. The van der Waals surface area contributed by atoms with Crippen LogP contribution in [0.2, 0.25) is 0 Å². The molecule has 13 heteroatoms. The number of alkyl halides is 2. The van der Waals surface area contributed by atoms with Gasteiger partial charge in [0.05, 0.1) is 36.5 Å². The summed E-state index contributed by atoms with van der Waals surface area (Å²) in [5.74, 6) is 5.09. The molecule has 1 unspecified atom stereocenters. The zero-order valence-electron chi connectivity index (χ0n) is 25.8. The molecule has 0 radical (unpaired) electrons. The number of aromatic nitrogens is 1. The molecule has 1 atom stereocenters. The van der Waals surface area contributed by atoms with Gasteiger partial charge in [-0.2, -0.15) is 0 Å². The molecule has 0 saturated carbocycles. The number of aryl methyl sites for hydroxylation is 1. The standard InChI is InChI=1S/C34H30F2N4O7/c1-38-16-21(11-24(30(35)36)32(38)43)20-12-27(46-2)25(28(13-20)47-3)17-39-14-19(15-39)5-4-18-6-7-22-23(10-18)34(45)40(33(22)44)26-8-9-29(41)37-31(26)42/h6-7,10-13,16,19,26,30H,8-9,14-15,17H2,1-3H3,(H,37,41,42). The molecule has 6 rings (SSSR count). The highest BCUT2D eigenvalue weighted by Gasteiger charge is 2.44. The molecule has 0 bridgehead atoms. The van der Waals surface area contributed by atoms with Gasteiger partial charge in [0.15, 0.2) is 0 Å². The zero-order valence-corrected chi connectivity index (χ0v) is 25.8. The van der Waals surface area contributed by atoms with Crippen LogP contribution in [0.3, 0.4) is 0 Å². The van der Waals surface area contributed by atoms with Crippen LogP contribution in [-0.4, -0.2) is 71.3 Å². The smallest absolute Gasteiger partial charge is 0.269 e. The van der Waals surface area contributed by atoms with Crippen molar-refractivity contribution in [2.75, 3.05) is 27.3 Å². The number of carbonyl (C=O) groups is 4. The molecular formula is C34H30F2N4O7. The Kier molecular flexibility index (Phi) is 8.38. The van der Waals surface area contributed by atoms with E-state index >= 15 is 0 Å². The molecule has 2 saturated heterocycles. The van der Waals surface area contributed by atoms with Crippen LogP contribution >= 0.6 is 0 Å². The topological polar surface area (TPSA) is 127 Å². The monoisotopic (exact) mass is 644 g/mol. The highest BCUT2D eigenvalue weighted by molar-refractivity contribution is 6.23. The van der Waals surface area contributed by atoms with Gasteiger partial charge in [0.1, 0.15) is 17.5 Å². The Labute approximate surface area is 268 Å². The van der Waals surface area contributed by atoms with E-state index in [9.17, 15) is 32.8 Å². The summed E-state index contributed by atoms with van der Waals surface area (Å²) in [5, 5.41) is 2.18. The predicted molar refractivity (Wildman–Crippen MR) is 164 cm³/mol. The molecule has 3 aromatic rings. The number of ether oxygens (including phenoxy) is 2. The molecule has 2 fully saturated rings. The van der Waals surface area contributed by atoms with Crippen molar-refractivity contribution in [3.05, 3.63) is 80.8 Å². The number of imide groups is 2. The van der Waals surface area contributed by atoms with Crippen molar-refractivity contribution in [1.29, 1.82) is 0 Å². The van der Waals surface area contributed by atoms with Gasteiger partial charge in [-0.25, -0.2) is 8.78 Å². The minimum Gasteiger partial charge on any atom is -0.496 e. The van der Waals surface area contributed by atoms with Crippen LogP contribution in [0.25, 0.3) is 11.1 Å². The first kappa shape index (κ1) is 31.6. The molecule has 0 aliphatic carbocycles. The Balaban J connectivity index is 1.14. The predicted octanol–water partition coefficient (Wildman–Crippen LogP) is 2.89. The molecule has 242 valence electrons. The van der Waals surface area contributed by atoms with Gasteiger partial charge in [-0.3, -0.25) is 39.1 Å². The summed E-state index contributed by atoms with van der Waals surface area (Å²) in [5.41, 5.74) is 1.33. The van der Waals surface area contributed by atoms with Crippen LogP contribution < -0.4 is 20.3 Å². The maximum Gasteiger partial charge on any atom is 0.269 e. The highest BCUT2D eigenvalue weighted by atomic mass is 19.3. The minimum absolute atomic E-state index is 0.0372. The van der Waals surface area contributed by atoms with Crippen molar-refractivity contribution in [3.8, 4) is 34.5 Å². The lowest BCUT2D eigenvalue weighted by Gasteiger charge is -2.37. The summed E-state index contributed by atoms with van der Waals surface area (Å²) in [6.07, 6.45) is -1.29. The van der Waals surface area contributed by atoms with E-state index in [4.69, 9.17) is 9.47 Å². The number of nitrogens with zero attached hydrogens (tertiary/aromatic N) is 3. The number of pyridine rings is 1. The van der Waals surface area contributed by atoms with E-state index in [1.54, 1.807) is 24.3 Å². The largest absolute Gasteiger partial charge is 0.496 e. The molecule has 4 heterocycles. The maximum absolute atomic E-state index is 13.5. The van der Waals surface area contributed by atoms with Crippen LogP contribution in [0.1, 0.15) is 56.7 Å². The van der Waals surface area contributed by atoms with E-state index in [0.29, 0.717) is 47.8 Å². The van der Waals surface area contributed by atoms with E-state index in [-0.39, 0.29) is 29.9 Å². The van der Waals surface area contributed by atoms with Crippen molar-refractivity contribution < 1.29 is 37.4 Å². The Bertz CT molecular complexity index is 1930. The molecule has 1 aromatic heterocycles. The molecule has 11 nitrogen and oxygen atoms in total. The van der Waals surface area contributed by atoms with Gasteiger partial charge < -0.3 is 14.0 Å². The van der Waals surface area contributed by atoms with Gasteiger partial charge in [-0.1, -0.05) is 11.8 Å². The second kappa shape index (κ2) is 12.4. The summed E-state index contributed by atoms with van der Waals surface area (Å²) in [7, 11) is 4.44. The highest BCUT2D eigenvalue weighted by Crippen LogP contribution is 2.37. The first-order chi connectivity index (χ1) is 22.5. The van der Waals surface area contributed by atoms with Gasteiger partial charge in [-0.15, -0.1) is 0 Å². The summed E-state index contributed by atoms with van der Waals surface area (Å²) >= 11 is 0. The normalized spacial score (nSPS) is 18.1. The van der Waals surface area contributed by atoms with Crippen molar-refractivity contribution in [1.82, 2.24) is 19.7 Å². The van der Waals surface area contributed by atoms with E-state index < -0.39 is 47.2 Å². The number of methoxy groups -OCH3 is 2. The molecule has 3 aliphatic heterocycles. The number of nitrogens with one attached hydrogen (secondary N) is 1. The fourth-order valence-corrected chi connectivity index (χ4v) is 6.11. The van der Waals surface area contributed by atoms with Crippen LogP contribution in [0.5, 0.6) is 11.5 Å². The number of amides is 4. The Morgan fingerprint density at radius 3 is 2.26 bits per heavy atom. The fourth-order valence-electron chi connectivity index (χ4n) is 6.11. The third-order valence-electron chi connectivity index (χ3n) is 8.59. The number of carbonyl (C=O) groups excluding carboxylic acids is 4. The zero-order chi connectivity index (χ0) is 33.6. The van der Waals surface area contributed by atoms with E-state index in [0.717, 1.165) is 15.0 Å². The summed E-state index contributed by atoms with van der Waals surface area (Å²) in [4.78, 5) is 65.1. The maximum atomic E-state index is 13.5. The molecule has 47 heavy (non-hydrogen) atoms. The van der Waals surface area contributed by atoms with Gasteiger partial charge in [-0.05, 0) is 53.9 Å². The third-order valence-corrected chi connectivity index (χ3v) is 8.59. The number of piperidine rings is 1. The number of hydrogen-bond acceptors (Lipinski definition) is 8. The molecular weight excluding hydrogens is 614 g/mol. The van der Waals surface area contributed by atoms with Crippen molar-refractivity contribution in [2.24, 2.45) is 13.0 Å². The van der Waals surface area contributed by atoms with Gasteiger partial charge in [0.2, 0.25) is 11.8 Å². The molecule has 0 spiro atoms. The van der Waals surface area contributed by atoms with Crippen LogP contribution in [-0.2, 0) is 23.2 Å². The Hall–Kier alpha value is -5.35. The second-order valence-corrected chi connectivity index (χ2v) is 11.6. The number of benzene rings is 2. The van der Waals surface area contributed by atoms with Gasteiger partial charge in [0.25, 0.3) is 23.8 Å². The summed E-state index contributed by atoms with van der Waals surface area (Å²) in [6, 6.07) is 8.35. The number of likely N-dealkylation sites (tertiary alicyclic amines) is 1. The van der Waals surface area contributed by atoms with E-state index in [1.807, 2.05) is 0 Å². The molecule has 3 aliphatic rings. The van der Waals surface area contributed by atoms with Gasteiger partial charge in [0, 0.05) is 50.8 Å². The number of fused-ring (bicyclic) bond motifs is 1. The fraction of sp³-hybridized carbons (Fsp3) is 0.324. The summed E-state index contributed by atoms with van der Waals surface area (Å²) in [6.45, 7) is 1.77. The number of hydrogen-bond donors (Lipinski definition) is 1. The van der Waals surface area contributed by atoms with Crippen molar-refractivity contribution >= 4 is 23.6 Å². The number of rotatable bonds is 7. The van der Waals surface area contributed by atoms with Gasteiger partial charge >= 0.3 is 0 Å². The average Bonchev–Trinajstić information content (AvgIpc) is 3.27. The quantitative estimate of drug-likeness (QED) is 0.308. The minimum atomic E-state index is -2.91. The Morgan fingerprint density at radius 1 is 0.936 bits per heavy atom. The average molecular weight is 645 g/mol. The van der Waals surface area contributed by atoms with E-state index in [1.165, 1.54) is 39.6 Å². The molecule has 4 amide bonds. The Morgan fingerprint density at radius 2 is 1.62 bits per heavy atom. The first-order valence-corrected chi connectivity index (χ1v) is 14.8. The lowest BCUT2D eigenvalue weighted by molar-refractivity contribution is -0.136. The van der Waals surface area contributed by atoms with Crippen LogP contribution in [0.4, 0.5) is 8.78 Å².